The highest BCUT2D eigenvalue weighted by atomic mass is 19.1. The molecule has 1 aromatic heterocycles. The summed E-state index contributed by atoms with van der Waals surface area (Å²) in [6, 6.07) is 14.3. The van der Waals surface area contributed by atoms with Crippen LogP contribution >= 0.6 is 0 Å². The Bertz CT molecular complexity index is 1170. The normalized spacial score (nSPS) is 15.4. The molecule has 1 fully saturated rings. The molecule has 2 heterocycles. The number of hydrogen-bond acceptors (Lipinski definition) is 5. The predicted molar refractivity (Wildman–Crippen MR) is 125 cm³/mol. The van der Waals surface area contributed by atoms with Gasteiger partial charge in [-0.25, -0.2) is 9.38 Å². The van der Waals surface area contributed by atoms with E-state index in [1.807, 2.05) is 48.2 Å². The zero-order chi connectivity index (χ0) is 24.1. The maximum atomic E-state index is 14.9. The number of guanidine groups is 1. The van der Waals surface area contributed by atoms with E-state index in [2.05, 4.69) is 10.1 Å². The van der Waals surface area contributed by atoms with Crippen LogP contribution in [0.25, 0.3) is 11.1 Å². The molecule has 0 radical (unpaired) electrons. The topological polar surface area (TPSA) is 114 Å². The van der Waals surface area contributed by atoms with Gasteiger partial charge in [-0.3, -0.25) is 4.79 Å². The Hall–Kier alpha value is -3.72. The minimum absolute atomic E-state index is 0.0866. The van der Waals surface area contributed by atoms with Crippen molar-refractivity contribution in [3.05, 3.63) is 76.9 Å². The highest BCUT2D eigenvalue weighted by molar-refractivity contribution is 5.78. The standard InChI is InChI=1S/C25H27FN4O4/c1-16(18-7-8-19(21(26)13-18)17-5-3-2-4-6-17)24-20(14-23(31)32)22(29-34-24)15-28-25(27)30-9-11-33-12-10-30/h2-8,13,16H,9-12,14-15H2,1H3,(H2,27,28)(H,31,32). The van der Waals surface area contributed by atoms with E-state index < -0.39 is 11.9 Å². The highest BCUT2D eigenvalue weighted by Crippen LogP contribution is 2.32. The van der Waals surface area contributed by atoms with Gasteiger partial charge < -0.3 is 25.0 Å². The molecule has 1 saturated heterocycles. The van der Waals surface area contributed by atoms with E-state index in [1.54, 1.807) is 6.07 Å². The Balaban J connectivity index is 1.59. The van der Waals surface area contributed by atoms with Crippen LogP contribution in [-0.2, 0) is 22.5 Å². The molecule has 178 valence electrons. The van der Waals surface area contributed by atoms with Crippen LogP contribution in [0.3, 0.4) is 0 Å². The fraction of sp³-hybridized carbons (Fsp3) is 0.320. The zero-order valence-corrected chi connectivity index (χ0v) is 18.9. The monoisotopic (exact) mass is 466 g/mol. The number of nitrogens with two attached hydrogens (primary N) is 1. The molecule has 4 rings (SSSR count). The van der Waals surface area contributed by atoms with E-state index in [0.29, 0.717) is 60.4 Å². The van der Waals surface area contributed by atoms with Gasteiger partial charge in [-0.1, -0.05) is 54.5 Å². The lowest BCUT2D eigenvalue weighted by Gasteiger charge is -2.27. The van der Waals surface area contributed by atoms with Crippen LogP contribution in [0.5, 0.6) is 0 Å². The molecule has 0 spiro atoms. The van der Waals surface area contributed by atoms with E-state index in [9.17, 15) is 14.3 Å². The van der Waals surface area contributed by atoms with E-state index in [0.717, 1.165) is 5.56 Å². The van der Waals surface area contributed by atoms with Crippen molar-refractivity contribution >= 4 is 11.9 Å². The number of aliphatic imine (C=N–C) groups is 1. The van der Waals surface area contributed by atoms with E-state index >= 15 is 0 Å². The first-order valence-corrected chi connectivity index (χ1v) is 11.1. The molecule has 0 amide bonds. The minimum atomic E-state index is -1.02. The number of carbonyl (C=O) groups is 1. The third kappa shape index (κ3) is 5.26. The second-order valence-corrected chi connectivity index (χ2v) is 8.14. The summed E-state index contributed by atoms with van der Waals surface area (Å²) in [5.74, 6) is -1.06. The molecule has 9 heteroatoms. The molecule has 0 aliphatic carbocycles. The molecule has 1 unspecified atom stereocenters. The van der Waals surface area contributed by atoms with Gasteiger partial charge in [-0.15, -0.1) is 0 Å². The number of rotatable bonds is 7. The van der Waals surface area contributed by atoms with Crippen LogP contribution < -0.4 is 5.73 Å². The number of benzene rings is 2. The first-order valence-electron chi connectivity index (χ1n) is 11.1. The minimum Gasteiger partial charge on any atom is -0.481 e. The van der Waals surface area contributed by atoms with E-state index in [4.69, 9.17) is 15.0 Å². The molecule has 3 aromatic rings. The Kier molecular flexibility index (Phi) is 7.22. The zero-order valence-electron chi connectivity index (χ0n) is 18.9. The number of morpholine rings is 1. The van der Waals surface area contributed by atoms with Crippen molar-refractivity contribution in [1.29, 1.82) is 0 Å². The summed E-state index contributed by atoms with van der Waals surface area (Å²) in [7, 11) is 0. The van der Waals surface area contributed by atoms with Gasteiger partial charge in [0, 0.05) is 30.1 Å². The number of aromatic nitrogens is 1. The highest BCUT2D eigenvalue weighted by Gasteiger charge is 2.25. The third-order valence-corrected chi connectivity index (χ3v) is 5.93. The summed E-state index contributed by atoms with van der Waals surface area (Å²) in [5.41, 5.74) is 8.86. The van der Waals surface area contributed by atoms with Crippen LogP contribution in [0.4, 0.5) is 4.39 Å². The van der Waals surface area contributed by atoms with Gasteiger partial charge in [-0.2, -0.15) is 0 Å². The first-order chi connectivity index (χ1) is 16.4. The van der Waals surface area contributed by atoms with Crippen molar-refractivity contribution in [3.8, 4) is 11.1 Å². The molecule has 1 atom stereocenters. The molecule has 1 aliphatic heterocycles. The van der Waals surface area contributed by atoms with Crippen molar-refractivity contribution in [2.75, 3.05) is 26.3 Å². The Morgan fingerprint density at radius 1 is 1.24 bits per heavy atom. The van der Waals surface area contributed by atoms with E-state index in [-0.39, 0.29) is 18.8 Å². The second kappa shape index (κ2) is 10.5. The molecule has 2 aromatic carbocycles. The lowest BCUT2D eigenvalue weighted by atomic mass is 9.92. The number of hydrogen-bond donors (Lipinski definition) is 2. The van der Waals surface area contributed by atoms with Gasteiger partial charge in [0.05, 0.1) is 26.2 Å². The van der Waals surface area contributed by atoms with Crippen LogP contribution in [-0.4, -0.2) is 53.4 Å². The average molecular weight is 467 g/mol. The fourth-order valence-corrected chi connectivity index (χ4v) is 4.01. The lowest BCUT2D eigenvalue weighted by molar-refractivity contribution is -0.136. The van der Waals surface area contributed by atoms with Gasteiger partial charge in [-0.05, 0) is 17.2 Å². The number of nitrogens with zero attached hydrogens (tertiary/aromatic N) is 3. The quantitative estimate of drug-likeness (QED) is 0.405. The number of halogens is 1. The Morgan fingerprint density at radius 2 is 1.97 bits per heavy atom. The predicted octanol–water partition coefficient (Wildman–Crippen LogP) is 3.41. The summed E-state index contributed by atoms with van der Waals surface area (Å²) in [6.07, 6.45) is -0.282. The van der Waals surface area contributed by atoms with Crippen molar-refractivity contribution in [2.24, 2.45) is 10.7 Å². The van der Waals surface area contributed by atoms with Crippen molar-refractivity contribution in [1.82, 2.24) is 10.1 Å². The smallest absolute Gasteiger partial charge is 0.308 e. The SMILES string of the molecule is CC(c1ccc(-c2ccccc2)c(F)c1)c1onc(CN=C(N)N2CCOCC2)c1CC(=O)O. The number of carboxylic acid groups (broad SMARTS) is 1. The molecule has 1 aliphatic rings. The summed E-state index contributed by atoms with van der Waals surface area (Å²) >= 11 is 0. The van der Waals surface area contributed by atoms with Gasteiger partial charge in [0.15, 0.2) is 5.96 Å². The molecular weight excluding hydrogens is 439 g/mol. The second-order valence-electron chi connectivity index (χ2n) is 8.14. The number of ether oxygens (including phenoxy) is 1. The largest absolute Gasteiger partial charge is 0.481 e. The molecule has 34 heavy (non-hydrogen) atoms. The summed E-state index contributed by atoms with van der Waals surface area (Å²) in [5, 5.41) is 13.5. The van der Waals surface area contributed by atoms with E-state index in [1.165, 1.54) is 6.07 Å². The van der Waals surface area contributed by atoms with Crippen LogP contribution in [0.15, 0.2) is 58.0 Å². The Morgan fingerprint density at radius 3 is 2.65 bits per heavy atom. The lowest BCUT2D eigenvalue weighted by Crippen LogP contribution is -2.44. The summed E-state index contributed by atoms with van der Waals surface area (Å²) < 4.78 is 25.8. The van der Waals surface area contributed by atoms with Gasteiger partial charge in [0.25, 0.3) is 0 Å². The van der Waals surface area contributed by atoms with Crippen LogP contribution in [0, 0.1) is 5.82 Å². The van der Waals surface area contributed by atoms with Crippen LogP contribution in [0.2, 0.25) is 0 Å². The number of carboxylic acids is 1. The van der Waals surface area contributed by atoms with Crippen molar-refractivity contribution in [3.63, 3.8) is 0 Å². The molecule has 3 N–H and O–H groups in total. The maximum Gasteiger partial charge on any atom is 0.308 e. The maximum absolute atomic E-state index is 14.9. The van der Waals surface area contributed by atoms with Crippen molar-refractivity contribution < 1.29 is 23.6 Å². The van der Waals surface area contributed by atoms with Gasteiger partial charge in [0.1, 0.15) is 17.3 Å². The first kappa shape index (κ1) is 23.4. The Labute approximate surface area is 196 Å². The van der Waals surface area contributed by atoms with Crippen molar-refractivity contribution in [2.45, 2.75) is 25.8 Å². The molecule has 0 bridgehead atoms. The number of aliphatic carboxylic acids is 1. The molecule has 8 nitrogen and oxygen atoms in total. The molecule has 0 saturated carbocycles. The van der Waals surface area contributed by atoms with Gasteiger partial charge in [0.2, 0.25) is 0 Å². The third-order valence-electron chi connectivity index (χ3n) is 5.93. The van der Waals surface area contributed by atoms with Gasteiger partial charge >= 0.3 is 5.97 Å². The fourth-order valence-electron chi connectivity index (χ4n) is 4.01. The molecular formula is C25H27FN4O4. The summed E-state index contributed by atoms with van der Waals surface area (Å²) in [6.45, 7) is 4.35. The van der Waals surface area contributed by atoms with Crippen LogP contribution in [0.1, 0.15) is 35.4 Å². The average Bonchev–Trinajstić information content (AvgIpc) is 3.24. The summed E-state index contributed by atoms with van der Waals surface area (Å²) in [4.78, 5) is 17.8.